The average Bonchev–Trinajstić information content (AvgIpc) is 2.87. The first kappa shape index (κ1) is 37.6. The van der Waals surface area contributed by atoms with Crippen LogP contribution in [0.2, 0.25) is 0 Å². The molecule has 2 N–H and O–H groups in total. The van der Waals surface area contributed by atoms with Crippen molar-refractivity contribution >= 4 is 27.8 Å². The molecule has 0 saturated heterocycles. The van der Waals surface area contributed by atoms with Crippen LogP contribution in [0.1, 0.15) is 54.3 Å². The predicted octanol–water partition coefficient (Wildman–Crippen LogP) is 6.15. The smallest absolute Gasteiger partial charge is 0.407 e. The summed E-state index contributed by atoms with van der Waals surface area (Å²) in [5, 5.41) is 5.62. The average molecular weight is 564 g/mol. The maximum atomic E-state index is 10.7. The van der Waals surface area contributed by atoms with Crippen LogP contribution in [0, 0.1) is 6.92 Å². The highest BCUT2D eigenvalue weighted by atomic mass is 32.2. The number of carbonyl (C=O) groups is 1. The monoisotopic (exact) mass is 563 g/mol. The summed E-state index contributed by atoms with van der Waals surface area (Å²) < 4.78 is 29.1. The summed E-state index contributed by atoms with van der Waals surface area (Å²) in [5.74, 6) is 1.28. The van der Waals surface area contributed by atoms with E-state index in [9.17, 15) is 13.2 Å². The van der Waals surface area contributed by atoms with E-state index < -0.39 is 10.1 Å². The van der Waals surface area contributed by atoms with Crippen LogP contribution in [0.4, 0.5) is 16.4 Å². The number of amides is 1. The molecular weight excluding hydrogens is 518 g/mol. The fraction of sp³-hybridized carbons (Fsp3) is 0.429. The van der Waals surface area contributed by atoms with Gasteiger partial charge in [0.2, 0.25) is 5.95 Å². The van der Waals surface area contributed by atoms with Crippen LogP contribution in [-0.4, -0.2) is 54.5 Å². The fourth-order valence-electron chi connectivity index (χ4n) is 2.15. The molecule has 11 heteroatoms. The molecule has 1 heterocycles. The Bertz CT molecular complexity index is 1070. The summed E-state index contributed by atoms with van der Waals surface area (Å²) in [7, 11) is -3.17. The highest BCUT2D eigenvalue weighted by Gasteiger charge is 2.14. The van der Waals surface area contributed by atoms with E-state index in [-0.39, 0.29) is 18.3 Å². The molecule has 0 saturated carbocycles. The number of carbonyl (C=O) groups excluding carboxylic acids is 1. The van der Waals surface area contributed by atoms with Crippen LogP contribution >= 0.6 is 0 Å². The second-order valence-electron chi connectivity index (χ2n) is 8.14. The Labute approximate surface area is 234 Å². The summed E-state index contributed by atoms with van der Waals surface area (Å²) in [6.07, 6.45) is 2.17. The first-order chi connectivity index (χ1) is 18.4. The number of alkyl carbamates (subject to hydrolysis) is 1. The van der Waals surface area contributed by atoms with E-state index in [1.165, 1.54) is 6.33 Å². The van der Waals surface area contributed by atoms with Gasteiger partial charge in [-0.3, -0.25) is 4.18 Å². The highest BCUT2D eigenvalue weighted by molar-refractivity contribution is 7.85. The van der Waals surface area contributed by atoms with Crippen LogP contribution in [-0.2, 0) is 19.0 Å². The molecule has 1 amide bonds. The van der Waals surface area contributed by atoms with E-state index in [0.29, 0.717) is 18.3 Å². The number of hydrogen-bond donors (Lipinski definition) is 2. The quantitative estimate of drug-likeness (QED) is 0.351. The standard InChI is InChI=1S/C10H10N4.C7H15NO2.C6H6.C3H8O3S.C2H6/c1-8-11-7-12-10(13-8)14-9-5-3-2-4-6-9;1-5-8-6(9)10-7(2,3)4;1-2-4-6-5-3-1;1-3-6-7(2,4)5;1-2/h2-7H,1H3,(H,11,12,13,14);5H2,1-4H3,(H,8,9);1-6H;3H2,1-2H3;1-2H3. The van der Waals surface area contributed by atoms with Crippen LogP contribution in [0.25, 0.3) is 0 Å². The zero-order valence-electron chi connectivity index (χ0n) is 24.6. The summed E-state index contributed by atoms with van der Waals surface area (Å²) >= 11 is 0. The minimum Gasteiger partial charge on any atom is -0.444 e. The van der Waals surface area contributed by atoms with Gasteiger partial charge in [-0.2, -0.15) is 13.4 Å². The Kier molecular flexibility index (Phi) is 21.6. The molecule has 0 fully saturated rings. The second kappa shape index (κ2) is 22.4. The zero-order chi connectivity index (χ0) is 30.2. The van der Waals surface area contributed by atoms with Gasteiger partial charge in [0.15, 0.2) is 0 Å². The van der Waals surface area contributed by atoms with Gasteiger partial charge in [0.1, 0.15) is 17.8 Å². The van der Waals surface area contributed by atoms with E-state index in [1.54, 1.807) is 6.92 Å². The van der Waals surface area contributed by atoms with Crippen LogP contribution in [0.3, 0.4) is 0 Å². The van der Waals surface area contributed by atoms with Gasteiger partial charge >= 0.3 is 6.09 Å². The second-order valence-corrected chi connectivity index (χ2v) is 9.79. The fourth-order valence-corrected chi connectivity index (χ4v) is 2.57. The third kappa shape index (κ3) is 27.3. The van der Waals surface area contributed by atoms with Crippen molar-refractivity contribution < 1.29 is 22.1 Å². The number of nitrogens with zero attached hydrogens (tertiary/aromatic N) is 3. The number of anilines is 2. The lowest BCUT2D eigenvalue weighted by Crippen LogP contribution is -2.32. The van der Waals surface area contributed by atoms with Crippen LogP contribution in [0.15, 0.2) is 73.1 Å². The molecule has 3 rings (SSSR count). The number of aryl methyl sites for hydroxylation is 1. The maximum Gasteiger partial charge on any atom is 0.407 e. The molecule has 0 atom stereocenters. The molecule has 0 aliphatic heterocycles. The minimum atomic E-state index is -3.17. The van der Waals surface area contributed by atoms with Gasteiger partial charge in [-0.15, -0.1) is 0 Å². The van der Waals surface area contributed by atoms with Crippen molar-refractivity contribution in [1.82, 2.24) is 20.3 Å². The number of para-hydroxylation sites is 1. The van der Waals surface area contributed by atoms with Crippen LogP contribution < -0.4 is 10.6 Å². The Morgan fingerprint density at radius 3 is 1.74 bits per heavy atom. The third-order valence-electron chi connectivity index (χ3n) is 3.44. The van der Waals surface area contributed by atoms with Crippen molar-refractivity contribution in [3.63, 3.8) is 0 Å². The SMILES string of the molecule is CC.CCNC(=O)OC(C)(C)C.CCOS(C)(=O)=O.Cc1ncnc(Nc2ccccc2)n1.c1ccccc1. The number of aromatic nitrogens is 3. The molecule has 0 aliphatic carbocycles. The minimum absolute atomic E-state index is 0.221. The summed E-state index contributed by atoms with van der Waals surface area (Å²) in [6, 6.07) is 21.8. The van der Waals surface area contributed by atoms with Gasteiger partial charge < -0.3 is 15.4 Å². The lowest BCUT2D eigenvalue weighted by Gasteiger charge is -2.19. The van der Waals surface area contributed by atoms with Gasteiger partial charge in [-0.25, -0.2) is 14.8 Å². The third-order valence-corrected chi connectivity index (χ3v) is 4.10. The zero-order valence-corrected chi connectivity index (χ0v) is 25.5. The predicted molar refractivity (Wildman–Crippen MR) is 158 cm³/mol. The molecule has 218 valence electrons. The molecule has 10 nitrogen and oxygen atoms in total. The number of ether oxygens (including phenoxy) is 1. The van der Waals surface area contributed by atoms with Gasteiger partial charge in [0.05, 0.1) is 12.9 Å². The van der Waals surface area contributed by atoms with Gasteiger partial charge in [0, 0.05) is 12.2 Å². The Hall–Kier alpha value is -3.57. The van der Waals surface area contributed by atoms with E-state index >= 15 is 0 Å². The van der Waals surface area contributed by atoms with E-state index in [0.717, 1.165) is 11.9 Å². The molecular formula is C28H45N5O5S. The summed E-state index contributed by atoms with van der Waals surface area (Å²) in [5.41, 5.74) is 0.581. The van der Waals surface area contributed by atoms with Crippen molar-refractivity contribution in [2.75, 3.05) is 24.7 Å². The lowest BCUT2D eigenvalue weighted by molar-refractivity contribution is 0.0531. The van der Waals surface area contributed by atoms with E-state index in [1.807, 2.05) is 115 Å². The Morgan fingerprint density at radius 2 is 1.38 bits per heavy atom. The molecule has 0 radical (unpaired) electrons. The Balaban J connectivity index is 0. The number of rotatable bonds is 5. The molecule has 1 aromatic heterocycles. The molecule has 3 aromatic rings. The molecule has 39 heavy (non-hydrogen) atoms. The summed E-state index contributed by atoms with van der Waals surface area (Å²) in [4.78, 5) is 22.8. The van der Waals surface area contributed by atoms with Crippen molar-refractivity contribution in [2.45, 2.75) is 61.0 Å². The Morgan fingerprint density at radius 1 is 0.897 bits per heavy atom. The largest absolute Gasteiger partial charge is 0.444 e. The summed E-state index contributed by atoms with van der Waals surface area (Å²) in [6.45, 7) is 15.6. The van der Waals surface area contributed by atoms with Crippen molar-refractivity contribution in [1.29, 1.82) is 0 Å². The van der Waals surface area contributed by atoms with E-state index in [4.69, 9.17) is 4.74 Å². The van der Waals surface area contributed by atoms with Gasteiger partial charge in [-0.1, -0.05) is 68.4 Å². The van der Waals surface area contributed by atoms with Gasteiger partial charge in [-0.05, 0) is 53.7 Å². The molecule has 0 aliphatic rings. The van der Waals surface area contributed by atoms with Crippen LogP contribution in [0.5, 0.6) is 0 Å². The van der Waals surface area contributed by atoms with Crippen molar-refractivity contribution in [2.24, 2.45) is 0 Å². The topological polar surface area (TPSA) is 132 Å². The highest BCUT2D eigenvalue weighted by Crippen LogP contribution is 2.10. The molecule has 0 unspecified atom stereocenters. The number of hydrogen-bond acceptors (Lipinski definition) is 9. The first-order valence-corrected chi connectivity index (χ1v) is 14.5. The molecule has 2 aromatic carbocycles. The number of benzene rings is 2. The normalized spacial score (nSPS) is 9.77. The van der Waals surface area contributed by atoms with E-state index in [2.05, 4.69) is 29.8 Å². The maximum absolute atomic E-state index is 10.7. The van der Waals surface area contributed by atoms with Crippen molar-refractivity contribution in [3.8, 4) is 0 Å². The number of nitrogens with one attached hydrogen (secondary N) is 2. The van der Waals surface area contributed by atoms with Gasteiger partial charge in [0.25, 0.3) is 10.1 Å². The lowest BCUT2D eigenvalue weighted by atomic mass is 10.2. The molecule has 0 bridgehead atoms. The molecule has 0 spiro atoms. The first-order valence-electron chi connectivity index (χ1n) is 12.6. The van der Waals surface area contributed by atoms with Crippen molar-refractivity contribution in [3.05, 3.63) is 78.9 Å².